The van der Waals surface area contributed by atoms with Gasteiger partial charge in [-0.3, -0.25) is 4.79 Å². The Balaban J connectivity index is 1.70. The van der Waals surface area contributed by atoms with Crippen LogP contribution in [0.25, 0.3) is 0 Å². The zero-order valence-corrected chi connectivity index (χ0v) is 10.4. The Morgan fingerprint density at radius 3 is 2.83 bits per heavy atom. The Labute approximate surface area is 106 Å². The SMILES string of the molecule is COc1ccccc1OCCNC1CNC(=O)C1. The predicted octanol–water partition coefficient (Wildman–Crippen LogP) is 0.552. The maximum atomic E-state index is 11.0. The standard InChI is InChI=1S/C13H18N2O3/c1-17-11-4-2-3-5-12(11)18-7-6-14-10-8-13(16)15-9-10/h2-5,10,14H,6-9H2,1H3,(H,15,16). The third kappa shape index (κ3) is 3.37. The normalized spacial score (nSPS) is 18.5. The van der Waals surface area contributed by atoms with Gasteiger partial charge in [-0.05, 0) is 12.1 Å². The fraction of sp³-hybridized carbons (Fsp3) is 0.462. The van der Waals surface area contributed by atoms with Gasteiger partial charge in [-0.1, -0.05) is 12.1 Å². The fourth-order valence-electron chi connectivity index (χ4n) is 1.91. The van der Waals surface area contributed by atoms with Crippen molar-refractivity contribution in [3.63, 3.8) is 0 Å². The molecule has 98 valence electrons. The first kappa shape index (κ1) is 12.7. The van der Waals surface area contributed by atoms with Crippen LogP contribution >= 0.6 is 0 Å². The molecule has 1 unspecified atom stereocenters. The summed E-state index contributed by atoms with van der Waals surface area (Å²) in [6.45, 7) is 1.95. The Bertz CT molecular complexity index is 409. The van der Waals surface area contributed by atoms with Crippen LogP contribution in [0.3, 0.4) is 0 Å². The summed E-state index contributed by atoms with van der Waals surface area (Å²) >= 11 is 0. The van der Waals surface area contributed by atoms with Crippen LogP contribution in [0.5, 0.6) is 11.5 Å². The lowest BCUT2D eigenvalue weighted by Gasteiger charge is -2.12. The van der Waals surface area contributed by atoms with Crippen molar-refractivity contribution in [2.75, 3.05) is 26.8 Å². The zero-order chi connectivity index (χ0) is 12.8. The van der Waals surface area contributed by atoms with Crippen LogP contribution in [0.1, 0.15) is 6.42 Å². The summed E-state index contributed by atoms with van der Waals surface area (Å²) in [5.74, 6) is 1.58. The Morgan fingerprint density at radius 2 is 2.17 bits per heavy atom. The fourth-order valence-corrected chi connectivity index (χ4v) is 1.91. The predicted molar refractivity (Wildman–Crippen MR) is 67.9 cm³/mol. The third-order valence-corrected chi connectivity index (χ3v) is 2.84. The topological polar surface area (TPSA) is 59.6 Å². The van der Waals surface area contributed by atoms with Crippen LogP contribution in [0.4, 0.5) is 0 Å². The van der Waals surface area contributed by atoms with E-state index in [2.05, 4.69) is 10.6 Å². The smallest absolute Gasteiger partial charge is 0.221 e. The molecule has 1 aliphatic rings. The lowest BCUT2D eigenvalue weighted by atomic mass is 10.2. The molecule has 1 heterocycles. The van der Waals surface area contributed by atoms with E-state index in [4.69, 9.17) is 9.47 Å². The first-order valence-corrected chi connectivity index (χ1v) is 6.05. The summed E-state index contributed by atoms with van der Waals surface area (Å²) < 4.78 is 10.8. The van der Waals surface area contributed by atoms with Gasteiger partial charge in [0.05, 0.1) is 7.11 Å². The number of hydrogen-bond donors (Lipinski definition) is 2. The van der Waals surface area contributed by atoms with Gasteiger partial charge in [-0.15, -0.1) is 0 Å². The van der Waals surface area contributed by atoms with Gasteiger partial charge in [0.2, 0.25) is 5.91 Å². The Kier molecular flexibility index (Phi) is 4.41. The average Bonchev–Trinajstić information content (AvgIpc) is 2.81. The number of rotatable bonds is 6. The molecule has 1 fully saturated rings. The molecule has 5 nitrogen and oxygen atoms in total. The molecule has 0 bridgehead atoms. The molecule has 2 rings (SSSR count). The molecule has 1 saturated heterocycles. The minimum Gasteiger partial charge on any atom is -0.493 e. The molecule has 1 aromatic rings. The number of ether oxygens (including phenoxy) is 2. The minimum atomic E-state index is 0.109. The summed E-state index contributed by atoms with van der Waals surface area (Å²) in [5.41, 5.74) is 0. The number of nitrogens with one attached hydrogen (secondary N) is 2. The highest BCUT2D eigenvalue weighted by Crippen LogP contribution is 2.25. The highest BCUT2D eigenvalue weighted by atomic mass is 16.5. The summed E-state index contributed by atoms with van der Waals surface area (Å²) in [7, 11) is 1.62. The van der Waals surface area contributed by atoms with E-state index in [9.17, 15) is 4.79 Å². The van der Waals surface area contributed by atoms with Crippen LogP contribution in [0, 0.1) is 0 Å². The van der Waals surface area contributed by atoms with E-state index in [1.165, 1.54) is 0 Å². The summed E-state index contributed by atoms with van der Waals surface area (Å²) in [5, 5.41) is 6.05. The molecule has 0 aliphatic carbocycles. The maximum Gasteiger partial charge on any atom is 0.221 e. The molecular formula is C13H18N2O3. The number of methoxy groups -OCH3 is 1. The molecule has 1 atom stereocenters. The third-order valence-electron chi connectivity index (χ3n) is 2.84. The molecule has 0 radical (unpaired) electrons. The quantitative estimate of drug-likeness (QED) is 0.724. The second kappa shape index (κ2) is 6.26. The molecule has 5 heteroatoms. The average molecular weight is 250 g/mol. The van der Waals surface area contributed by atoms with Crippen LogP contribution in [0.2, 0.25) is 0 Å². The van der Waals surface area contributed by atoms with Gasteiger partial charge in [0.25, 0.3) is 0 Å². The van der Waals surface area contributed by atoms with Crippen molar-refractivity contribution in [2.24, 2.45) is 0 Å². The number of carbonyl (C=O) groups is 1. The molecule has 1 aliphatic heterocycles. The lowest BCUT2D eigenvalue weighted by Crippen LogP contribution is -2.34. The van der Waals surface area contributed by atoms with E-state index in [1.807, 2.05) is 24.3 Å². The summed E-state index contributed by atoms with van der Waals surface area (Å²) in [6.07, 6.45) is 0.550. The van der Waals surface area contributed by atoms with Crippen molar-refractivity contribution in [3.05, 3.63) is 24.3 Å². The molecule has 1 amide bonds. The molecule has 2 N–H and O–H groups in total. The first-order valence-electron chi connectivity index (χ1n) is 6.05. The summed E-state index contributed by atoms with van der Waals surface area (Å²) in [6, 6.07) is 7.77. The van der Waals surface area contributed by atoms with Crippen molar-refractivity contribution in [1.82, 2.24) is 10.6 Å². The maximum absolute atomic E-state index is 11.0. The van der Waals surface area contributed by atoms with Crippen molar-refractivity contribution in [3.8, 4) is 11.5 Å². The number of hydrogen-bond acceptors (Lipinski definition) is 4. The van der Waals surface area contributed by atoms with Gasteiger partial charge in [0, 0.05) is 25.6 Å². The number of amides is 1. The molecule has 1 aromatic carbocycles. The molecule has 0 spiro atoms. The van der Waals surface area contributed by atoms with Crippen molar-refractivity contribution >= 4 is 5.91 Å². The number of benzene rings is 1. The van der Waals surface area contributed by atoms with E-state index >= 15 is 0 Å². The second-order valence-electron chi connectivity index (χ2n) is 4.16. The minimum absolute atomic E-state index is 0.109. The summed E-state index contributed by atoms with van der Waals surface area (Å²) in [4.78, 5) is 11.0. The van der Waals surface area contributed by atoms with E-state index < -0.39 is 0 Å². The van der Waals surface area contributed by atoms with E-state index in [0.29, 0.717) is 26.1 Å². The number of carbonyl (C=O) groups excluding carboxylic acids is 1. The van der Waals surface area contributed by atoms with Gasteiger partial charge in [-0.2, -0.15) is 0 Å². The second-order valence-corrected chi connectivity index (χ2v) is 4.16. The molecule has 0 saturated carbocycles. The molecule has 18 heavy (non-hydrogen) atoms. The van der Waals surface area contributed by atoms with Gasteiger partial charge >= 0.3 is 0 Å². The van der Waals surface area contributed by atoms with Crippen molar-refractivity contribution < 1.29 is 14.3 Å². The Hall–Kier alpha value is -1.75. The van der Waals surface area contributed by atoms with E-state index in [0.717, 1.165) is 11.5 Å². The van der Waals surface area contributed by atoms with Gasteiger partial charge in [-0.25, -0.2) is 0 Å². The first-order chi connectivity index (χ1) is 8.79. The van der Waals surface area contributed by atoms with Crippen LogP contribution in [-0.4, -0.2) is 38.8 Å². The largest absolute Gasteiger partial charge is 0.493 e. The lowest BCUT2D eigenvalue weighted by molar-refractivity contribution is -0.119. The van der Waals surface area contributed by atoms with E-state index in [1.54, 1.807) is 7.11 Å². The highest BCUT2D eigenvalue weighted by Gasteiger charge is 2.20. The zero-order valence-electron chi connectivity index (χ0n) is 10.4. The van der Waals surface area contributed by atoms with Crippen LogP contribution in [-0.2, 0) is 4.79 Å². The van der Waals surface area contributed by atoms with Crippen LogP contribution < -0.4 is 20.1 Å². The van der Waals surface area contributed by atoms with Crippen molar-refractivity contribution in [1.29, 1.82) is 0 Å². The highest BCUT2D eigenvalue weighted by molar-refractivity contribution is 5.78. The molecular weight excluding hydrogens is 232 g/mol. The van der Waals surface area contributed by atoms with E-state index in [-0.39, 0.29) is 11.9 Å². The van der Waals surface area contributed by atoms with Gasteiger partial charge in [0.15, 0.2) is 11.5 Å². The van der Waals surface area contributed by atoms with Gasteiger partial charge < -0.3 is 20.1 Å². The van der Waals surface area contributed by atoms with Crippen LogP contribution in [0.15, 0.2) is 24.3 Å². The molecule has 0 aromatic heterocycles. The Morgan fingerprint density at radius 1 is 1.39 bits per heavy atom. The monoisotopic (exact) mass is 250 g/mol. The van der Waals surface area contributed by atoms with Gasteiger partial charge in [0.1, 0.15) is 6.61 Å². The van der Waals surface area contributed by atoms with Crippen molar-refractivity contribution in [2.45, 2.75) is 12.5 Å². The number of para-hydroxylation sites is 2.